The third kappa shape index (κ3) is 5.70. The molecule has 4 heteroatoms. The van der Waals surface area contributed by atoms with Gasteiger partial charge in [0.25, 0.3) is 0 Å². The summed E-state index contributed by atoms with van der Waals surface area (Å²) >= 11 is 0. The summed E-state index contributed by atoms with van der Waals surface area (Å²) in [5, 5.41) is 4.68. The third-order valence-corrected chi connectivity index (χ3v) is 11.2. The van der Waals surface area contributed by atoms with Crippen molar-refractivity contribution in [2.24, 2.45) is 0 Å². The van der Waals surface area contributed by atoms with Crippen molar-refractivity contribution in [3.63, 3.8) is 0 Å². The van der Waals surface area contributed by atoms with Crippen molar-refractivity contribution in [3.05, 3.63) is 224 Å². The Morgan fingerprint density at radius 3 is 1.48 bits per heavy atom. The second-order valence-corrected chi connectivity index (χ2v) is 14.6. The van der Waals surface area contributed by atoms with Gasteiger partial charge in [0, 0.05) is 66.9 Å². The molecule has 11 rings (SSSR count). The topological polar surface area (TPSA) is 24.6 Å². The summed E-state index contributed by atoms with van der Waals surface area (Å²) in [6.07, 6.45) is 0. The number of aromatic nitrogens is 1. The van der Waals surface area contributed by atoms with Crippen molar-refractivity contribution in [3.8, 4) is 16.8 Å². The SMILES string of the molecule is c1ccc(N(c2ccccc2)c2ccc(N(c3ccc(-c4cccc5c4oc4ccccc45)cc3)c3ccc4c(c3)c3ccccc3n4-c3ccccc3)cc2)cc1. The highest BCUT2D eigenvalue weighted by atomic mass is 16.3. The van der Waals surface area contributed by atoms with Gasteiger partial charge < -0.3 is 18.8 Å². The number of rotatable bonds is 8. The normalized spacial score (nSPS) is 11.4. The molecule has 9 aromatic carbocycles. The van der Waals surface area contributed by atoms with Crippen LogP contribution in [0, 0.1) is 0 Å². The molecule has 2 heterocycles. The van der Waals surface area contributed by atoms with Crippen LogP contribution in [0.1, 0.15) is 0 Å². The standard InChI is InChI=1S/C54H37N3O/c1-4-15-39(16-5-1)55(40-17-6-2-7-18-40)43-31-33-44(34-32-43)56(42-29-27-38(28-30-42)46-23-14-24-49-48-22-11-13-26-53(48)58-54(46)49)45-35-36-52-50(37-45)47-21-10-12-25-51(47)57(52)41-19-8-3-9-20-41/h1-37H. The summed E-state index contributed by atoms with van der Waals surface area (Å²) in [5.74, 6) is 0. The molecular weight excluding hydrogens is 707 g/mol. The average molecular weight is 744 g/mol. The Kier molecular flexibility index (Phi) is 8.11. The maximum atomic E-state index is 6.44. The number of hydrogen-bond acceptors (Lipinski definition) is 3. The fraction of sp³-hybridized carbons (Fsp3) is 0. The first-order chi connectivity index (χ1) is 28.8. The predicted octanol–water partition coefficient (Wildman–Crippen LogP) is 15.3. The number of para-hydroxylation sites is 6. The van der Waals surface area contributed by atoms with E-state index in [0.717, 1.165) is 72.9 Å². The van der Waals surface area contributed by atoms with Crippen molar-refractivity contribution in [2.45, 2.75) is 0 Å². The maximum Gasteiger partial charge on any atom is 0.143 e. The highest BCUT2D eigenvalue weighted by Crippen LogP contribution is 2.43. The Hall–Kier alpha value is -7.82. The van der Waals surface area contributed by atoms with E-state index in [4.69, 9.17) is 4.42 Å². The van der Waals surface area contributed by atoms with Gasteiger partial charge in [0.2, 0.25) is 0 Å². The van der Waals surface area contributed by atoms with E-state index in [0.29, 0.717) is 0 Å². The van der Waals surface area contributed by atoms with E-state index < -0.39 is 0 Å². The smallest absolute Gasteiger partial charge is 0.143 e. The molecule has 2 aromatic heterocycles. The van der Waals surface area contributed by atoms with E-state index in [1.807, 2.05) is 12.1 Å². The third-order valence-electron chi connectivity index (χ3n) is 11.2. The van der Waals surface area contributed by atoms with Gasteiger partial charge in [0.15, 0.2) is 0 Å². The molecule has 0 saturated heterocycles. The van der Waals surface area contributed by atoms with Gasteiger partial charge in [-0.05, 0) is 109 Å². The number of hydrogen-bond donors (Lipinski definition) is 0. The molecular formula is C54H37N3O. The molecule has 274 valence electrons. The lowest BCUT2D eigenvalue weighted by atomic mass is 10.0. The Morgan fingerprint density at radius 2 is 0.810 bits per heavy atom. The molecule has 11 aromatic rings. The Bertz CT molecular complexity index is 3170. The Labute approximate surface area is 336 Å². The van der Waals surface area contributed by atoms with Crippen molar-refractivity contribution >= 4 is 77.9 Å². The van der Waals surface area contributed by atoms with Crippen LogP contribution in [0.2, 0.25) is 0 Å². The molecule has 0 radical (unpaired) electrons. The van der Waals surface area contributed by atoms with E-state index in [2.05, 4.69) is 227 Å². The monoisotopic (exact) mass is 743 g/mol. The van der Waals surface area contributed by atoms with Gasteiger partial charge in [-0.1, -0.05) is 121 Å². The minimum atomic E-state index is 0.901. The molecule has 0 amide bonds. The van der Waals surface area contributed by atoms with Crippen LogP contribution in [0.4, 0.5) is 34.1 Å². The second kappa shape index (κ2) is 14.0. The summed E-state index contributed by atoms with van der Waals surface area (Å²) < 4.78 is 8.81. The Morgan fingerprint density at radius 1 is 0.328 bits per heavy atom. The van der Waals surface area contributed by atoms with Crippen LogP contribution in [-0.2, 0) is 0 Å². The summed E-state index contributed by atoms with van der Waals surface area (Å²) in [7, 11) is 0. The van der Waals surface area contributed by atoms with Gasteiger partial charge >= 0.3 is 0 Å². The lowest BCUT2D eigenvalue weighted by Gasteiger charge is -2.28. The number of furan rings is 1. The summed E-state index contributed by atoms with van der Waals surface area (Å²) in [6.45, 7) is 0. The molecule has 0 atom stereocenters. The Balaban J connectivity index is 1.06. The minimum absolute atomic E-state index is 0.901. The molecule has 0 aliphatic heterocycles. The number of fused-ring (bicyclic) bond motifs is 6. The lowest BCUT2D eigenvalue weighted by molar-refractivity contribution is 0.670. The highest BCUT2D eigenvalue weighted by Gasteiger charge is 2.20. The van der Waals surface area contributed by atoms with Crippen LogP contribution in [0.15, 0.2) is 229 Å². The van der Waals surface area contributed by atoms with Crippen LogP contribution >= 0.6 is 0 Å². The molecule has 0 bridgehead atoms. The summed E-state index contributed by atoms with van der Waals surface area (Å²) in [4.78, 5) is 4.66. The first-order valence-corrected chi connectivity index (χ1v) is 19.7. The fourth-order valence-corrected chi connectivity index (χ4v) is 8.52. The zero-order chi connectivity index (χ0) is 38.4. The molecule has 0 aliphatic carbocycles. The quantitative estimate of drug-likeness (QED) is 0.155. The van der Waals surface area contributed by atoms with Gasteiger partial charge in [0.05, 0.1) is 11.0 Å². The van der Waals surface area contributed by atoms with E-state index in [-0.39, 0.29) is 0 Å². The first-order valence-electron chi connectivity index (χ1n) is 19.7. The first kappa shape index (κ1) is 33.5. The lowest BCUT2D eigenvalue weighted by Crippen LogP contribution is -2.12. The van der Waals surface area contributed by atoms with Crippen molar-refractivity contribution in [1.82, 2.24) is 4.57 Å². The molecule has 0 spiro atoms. The minimum Gasteiger partial charge on any atom is -0.455 e. The van der Waals surface area contributed by atoms with E-state index >= 15 is 0 Å². The van der Waals surface area contributed by atoms with Gasteiger partial charge in [-0.2, -0.15) is 0 Å². The van der Waals surface area contributed by atoms with Crippen LogP contribution in [-0.4, -0.2) is 4.57 Å². The van der Waals surface area contributed by atoms with E-state index in [1.54, 1.807) is 0 Å². The molecule has 0 aliphatic rings. The molecule has 0 fully saturated rings. The van der Waals surface area contributed by atoms with Crippen molar-refractivity contribution < 1.29 is 4.42 Å². The second-order valence-electron chi connectivity index (χ2n) is 14.6. The molecule has 0 N–H and O–H groups in total. The van der Waals surface area contributed by atoms with Gasteiger partial charge in [-0.3, -0.25) is 0 Å². The zero-order valence-corrected chi connectivity index (χ0v) is 31.6. The van der Waals surface area contributed by atoms with Crippen LogP contribution in [0.25, 0.3) is 60.6 Å². The largest absolute Gasteiger partial charge is 0.455 e. The zero-order valence-electron chi connectivity index (χ0n) is 31.6. The van der Waals surface area contributed by atoms with Crippen LogP contribution in [0.5, 0.6) is 0 Å². The highest BCUT2D eigenvalue weighted by molar-refractivity contribution is 6.11. The molecule has 58 heavy (non-hydrogen) atoms. The van der Waals surface area contributed by atoms with E-state index in [1.165, 1.54) is 21.8 Å². The molecule has 0 saturated carbocycles. The average Bonchev–Trinajstić information content (AvgIpc) is 3.84. The number of nitrogens with zero attached hydrogens (tertiary/aromatic N) is 3. The molecule has 0 unspecified atom stereocenters. The van der Waals surface area contributed by atoms with Crippen molar-refractivity contribution in [1.29, 1.82) is 0 Å². The summed E-state index contributed by atoms with van der Waals surface area (Å²) in [6, 6.07) is 79.7. The fourth-order valence-electron chi connectivity index (χ4n) is 8.52. The number of benzene rings is 9. The van der Waals surface area contributed by atoms with E-state index in [9.17, 15) is 0 Å². The maximum absolute atomic E-state index is 6.44. The number of anilines is 6. The van der Waals surface area contributed by atoms with Crippen LogP contribution < -0.4 is 9.80 Å². The van der Waals surface area contributed by atoms with Gasteiger partial charge in [0.1, 0.15) is 11.2 Å². The van der Waals surface area contributed by atoms with Gasteiger partial charge in [-0.25, -0.2) is 0 Å². The van der Waals surface area contributed by atoms with Crippen LogP contribution in [0.3, 0.4) is 0 Å². The van der Waals surface area contributed by atoms with Gasteiger partial charge in [-0.15, -0.1) is 0 Å². The van der Waals surface area contributed by atoms with Crippen molar-refractivity contribution in [2.75, 3.05) is 9.80 Å². The molecule has 4 nitrogen and oxygen atoms in total. The predicted molar refractivity (Wildman–Crippen MR) is 243 cm³/mol. The summed E-state index contributed by atoms with van der Waals surface area (Å²) in [5.41, 5.74) is 14.0.